The van der Waals surface area contributed by atoms with Crippen molar-refractivity contribution in [3.8, 4) is 0 Å². The molecule has 6 nitrogen and oxygen atoms in total. The van der Waals surface area contributed by atoms with Gasteiger partial charge in [0.25, 0.3) is 5.92 Å². The molecule has 11 heteroatoms. The summed E-state index contributed by atoms with van der Waals surface area (Å²) in [5, 5.41) is 5.78. The summed E-state index contributed by atoms with van der Waals surface area (Å²) in [5.74, 6) is -3.11. The Balaban J connectivity index is 0.00000182. The lowest BCUT2D eigenvalue weighted by atomic mass is 9.95. The van der Waals surface area contributed by atoms with Gasteiger partial charge in [-0.15, -0.1) is 24.8 Å². The summed E-state index contributed by atoms with van der Waals surface area (Å²) >= 11 is 5.75. The molecule has 0 spiro atoms. The number of piperidine rings is 1. The molecule has 2 aliphatic heterocycles. The molecule has 0 aromatic carbocycles. The second-order valence-corrected chi connectivity index (χ2v) is 6.88. The largest absolute Gasteiger partial charge is 0.341 e. The first-order chi connectivity index (χ1) is 11.8. The summed E-state index contributed by atoms with van der Waals surface area (Å²) in [6.07, 6.45) is 1.97. The van der Waals surface area contributed by atoms with Gasteiger partial charge in [0, 0.05) is 31.6 Å². The van der Waals surface area contributed by atoms with Crippen molar-refractivity contribution in [1.82, 2.24) is 15.2 Å². The van der Waals surface area contributed by atoms with Crippen LogP contribution in [0.3, 0.4) is 0 Å². The number of carbonyl (C=O) groups excluding carboxylic acids is 2. The number of carbonyl (C=O) groups is 2. The van der Waals surface area contributed by atoms with Gasteiger partial charge in [-0.2, -0.15) is 0 Å². The molecule has 0 radical (unpaired) electrons. The van der Waals surface area contributed by atoms with Crippen LogP contribution >= 0.6 is 36.4 Å². The van der Waals surface area contributed by atoms with Gasteiger partial charge in [0.05, 0.1) is 17.6 Å². The highest BCUT2D eigenvalue weighted by atomic mass is 35.5. The van der Waals surface area contributed by atoms with E-state index >= 15 is 0 Å². The highest BCUT2D eigenvalue weighted by Crippen LogP contribution is 2.27. The molecule has 1 aromatic rings. The monoisotopic (exact) mass is 444 g/mol. The number of anilines is 1. The minimum absolute atomic E-state index is 0. The van der Waals surface area contributed by atoms with Crippen LogP contribution in [0.1, 0.15) is 19.3 Å². The predicted molar refractivity (Wildman–Crippen MR) is 103 cm³/mol. The minimum atomic E-state index is -2.83. The molecule has 1 aromatic heterocycles. The Hall–Kier alpha value is -1.22. The van der Waals surface area contributed by atoms with Crippen LogP contribution in [0.4, 0.5) is 14.6 Å². The van der Waals surface area contributed by atoms with E-state index < -0.39 is 24.9 Å². The summed E-state index contributed by atoms with van der Waals surface area (Å²) in [4.78, 5) is 30.1. The Labute approximate surface area is 173 Å². The molecule has 0 aliphatic carbocycles. The number of halogens is 5. The fraction of sp³-hybridized carbons (Fsp3) is 0.562. The topological polar surface area (TPSA) is 74.3 Å². The van der Waals surface area contributed by atoms with Crippen LogP contribution in [0, 0.1) is 5.92 Å². The van der Waals surface area contributed by atoms with E-state index in [0.717, 1.165) is 0 Å². The van der Waals surface area contributed by atoms with Crippen molar-refractivity contribution in [1.29, 1.82) is 0 Å². The van der Waals surface area contributed by atoms with E-state index in [0.29, 0.717) is 36.8 Å². The van der Waals surface area contributed by atoms with Crippen LogP contribution in [-0.2, 0) is 9.59 Å². The molecule has 0 bridgehead atoms. The van der Waals surface area contributed by atoms with Crippen molar-refractivity contribution in [3.05, 3.63) is 23.4 Å². The van der Waals surface area contributed by atoms with Gasteiger partial charge >= 0.3 is 0 Å². The number of hydrogen-bond donors (Lipinski definition) is 2. The highest BCUT2D eigenvalue weighted by molar-refractivity contribution is 6.30. The third-order valence-electron chi connectivity index (χ3n) is 4.56. The van der Waals surface area contributed by atoms with Gasteiger partial charge in [-0.05, 0) is 25.0 Å². The summed E-state index contributed by atoms with van der Waals surface area (Å²) in [7, 11) is 0. The molecule has 27 heavy (non-hydrogen) atoms. The fourth-order valence-corrected chi connectivity index (χ4v) is 3.26. The number of aromatic nitrogens is 1. The summed E-state index contributed by atoms with van der Waals surface area (Å²) in [6.45, 7) is 0.305. The number of alkyl halides is 2. The second kappa shape index (κ2) is 9.82. The summed E-state index contributed by atoms with van der Waals surface area (Å²) in [6, 6.07) is 2.42. The fourth-order valence-electron chi connectivity index (χ4n) is 3.15. The van der Waals surface area contributed by atoms with E-state index in [1.54, 1.807) is 17.0 Å². The molecule has 2 aliphatic rings. The van der Waals surface area contributed by atoms with Crippen molar-refractivity contribution < 1.29 is 18.4 Å². The van der Waals surface area contributed by atoms with E-state index in [-0.39, 0.29) is 42.5 Å². The Kier molecular flexibility index (Phi) is 8.66. The van der Waals surface area contributed by atoms with E-state index in [9.17, 15) is 18.4 Å². The number of amides is 2. The lowest BCUT2D eigenvalue weighted by Gasteiger charge is -2.32. The number of nitrogens with one attached hydrogen (secondary N) is 2. The molecule has 2 amide bonds. The zero-order valence-corrected chi connectivity index (χ0v) is 16.7. The summed E-state index contributed by atoms with van der Waals surface area (Å²) in [5.41, 5.74) is 0. The molecule has 3 heterocycles. The van der Waals surface area contributed by atoms with Gasteiger partial charge in [-0.25, -0.2) is 13.8 Å². The van der Waals surface area contributed by atoms with E-state index in [1.165, 1.54) is 6.20 Å². The lowest BCUT2D eigenvalue weighted by molar-refractivity contribution is -0.136. The van der Waals surface area contributed by atoms with Gasteiger partial charge < -0.3 is 10.2 Å². The van der Waals surface area contributed by atoms with Crippen LogP contribution in [-0.4, -0.2) is 53.3 Å². The standard InChI is InChI=1S/C16H19ClF2N4O2.2ClH/c17-11-1-2-13(20-8-11)22-14(24)10-3-5-23(6-4-10)15(25)12-7-16(18,19)9-21-12;;/h1-2,8,10,12,21H,3-7,9H2,(H,20,22,24);2*1H. The number of pyridine rings is 1. The maximum Gasteiger partial charge on any atom is 0.262 e. The van der Waals surface area contributed by atoms with Gasteiger partial charge in [0.1, 0.15) is 5.82 Å². The molecule has 1 atom stereocenters. The molecule has 152 valence electrons. The smallest absolute Gasteiger partial charge is 0.262 e. The number of hydrogen-bond acceptors (Lipinski definition) is 4. The van der Waals surface area contributed by atoms with Gasteiger partial charge in [-0.1, -0.05) is 11.6 Å². The van der Waals surface area contributed by atoms with Crippen LogP contribution in [0.5, 0.6) is 0 Å². The van der Waals surface area contributed by atoms with Crippen molar-refractivity contribution in [2.75, 3.05) is 25.0 Å². The Bertz CT molecular complexity index is 656. The highest BCUT2D eigenvalue weighted by Gasteiger charge is 2.44. The lowest BCUT2D eigenvalue weighted by Crippen LogP contribution is -2.48. The van der Waals surface area contributed by atoms with Crippen molar-refractivity contribution in [2.45, 2.75) is 31.2 Å². The molecule has 2 fully saturated rings. The van der Waals surface area contributed by atoms with Gasteiger partial charge in [-0.3, -0.25) is 14.9 Å². The zero-order chi connectivity index (χ0) is 18.0. The van der Waals surface area contributed by atoms with Crippen LogP contribution in [0.25, 0.3) is 0 Å². The van der Waals surface area contributed by atoms with E-state index in [4.69, 9.17) is 11.6 Å². The van der Waals surface area contributed by atoms with Crippen LogP contribution in [0.15, 0.2) is 18.3 Å². The molecule has 1 unspecified atom stereocenters. The first-order valence-electron chi connectivity index (χ1n) is 8.16. The van der Waals surface area contributed by atoms with Crippen molar-refractivity contribution in [3.63, 3.8) is 0 Å². The van der Waals surface area contributed by atoms with Crippen molar-refractivity contribution >= 4 is 54.0 Å². The molecule has 2 saturated heterocycles. The van der Waals surface area contributed by atoms with Gasteiger partial charge in [0.15, 0.2) is 0 Å². The van der Waals surface area contributed by atoms with E-state index in [1.807, 2.05) is 0 Å². The first kappa shape index (κ1) is 23.8. The molecular formula is C16H21Cl3F2N4O2. The molecule has 0 saturated carbocycles. The Morgan fingerprint density at radius 3 is 2.44 bits per heavy atom. The average molecular weight is 446 g/mol. The molecular weight excluding hydrogens is 425 g/mol. The maximum absolute atomic E-state index is 13.2. The second-order valence-electron chi connectivity index (χ2n) is 6.44. The van der Waals surface area contributed by atoms with E-state index in [2.05, 4.69) is 15.6 Å². The van der Waals surface area contributed by atoms with Crippen LogP contribution < -0.4 is 10.6 Å². The SMILES string of the molecule is Cl.Cl.O=C(Nc1ccc(Cl)cn1)C1CCN(C(=O)C2CC(F)(F)CN2)CC1. The first-order valence-corrected chi connectivity index (χ1v) is 8.54. The molecule has 2 N–H and O–H groups in total. The van der Waals surface area contributed by atoms with Gasteiger partial charge in [0.2, 0.25) is 11.8 Å². The quantitative estimate of drug-likeness (QED) is 0.750. The maximum atomic E-state index is 13.2. The van der Waals surface area contributed by atoms with Crippen LogP contribution in [0.2, 0.25) is 5.02 Å². The third kappa shape index (κ3) is 6.14. The molecule has 3 rings (SSSR count). The normalized spacial score (nSPS) is 21.7. The number of nitrogens with zero attached hydrogens (tertiary/aromatic N) is 2. The average Bonchev–Trinajstić information content (AvgIpc) is 2.96. The Morgan fingerprint density at radius 2 is 1.93 bits per heavy atom. The third-order valence-corrected chi connectivity index (χ3v) is 4.79. The predicted octanol–water partition coefficient (Wildman–Crippen LogP) is 2.75. The zero-order valence-electron chi connectivity index (χ0n) is 14.3. The Morgan fingerprint density at radius 1 is 1.26 bits per heavy atom. The number of rotatable bonds is 3. The van der Waals surface area contributed by atoms with Crippen molar-refractivity contribution in [2.24, 2.45) is 5.92 Å². The summed E-state index contributed by atoms with van der Waals surface area (Å²) < 4.78 is 26.4. The number of likely N-dealkylation sites (tertiary alicyclic amines) is 1. The minimum Gasteiger partial charge on any atom is -0.341 e.